The minimum absolute atomic E-state index is 0. The second-order valence-corrected chi connectivity index (χ2v) is 4.96. The Balaban J connectivity index is 0.00000200. The number of rotatable bonds is 5. The number of nitrogens with one attached hydrogen (secondary N) is 1. The number of benzene rings is 1. The van der Waals surface area contributed by atoms with Crippen LogP contribution < -0.4 is 11.1 Å². The SMILES string of the molecule is I.NC(=NCc1ccc(F)c(CO)c1)NCC1CCC1. The molecule has 112 valence electrons. The van der Waals surface area contributed by atoms with Crippen molar-refractivity contribution >= 4 is 29.9 Å². The Kier molecular flexibility index (Phi) is 7.22. The van der Waals surface area contributed by atoms with E-state index in [1.807, 2.05) is 0 Å². The van der Waals surface area contributed by atoms with Crippen LogP contribution in [0.15, 0.2) is 23.2 Å². The van der Waals surface area contributed by atoms with E-state index >= 15 is 0 Å². The molecular formula is C14H21FIN3O. The van der Waals surface area contributed by atoms with Gasteiger partial charge < -0.3 is 16.2 Å². The van der Waals surface area contributed by atoms with Gasteiger partial charge >= 0.3 is 0 Å². The second kappa shape index (κ2) is 8.41. The van der Waals surface area contributed by atoms with Crippen molar-refractivity contribution in [2.75, 3.05) is 6.54 Å². The van der Waals surface area contributed by atoms with Gasteiger partial charge in [-0.05, 0) is 36.5 Å². The quantitative estimate of drug-likeness (QED) is 0.408. The molecule has 0 saturated heterocycles. The van der Waals surface area contributed by atoms with Crippen LogP contribution in [0.5, 0.6) is 0 Å². The highest BCUT2D eigenvalue weighted by Gasteiger charge is 2.16. The summed E-state index contributed by atoms with van der Waals surface area (Å²) in [6.45, 7) is 0.955. The third-order valence-electron chi connectivity index (χ3n) is 3.51. The Morgan fingerprint density at radius 2 is 2.20 bits per heavy atom. The predicted molar refractivity (Wildman–Crippen MR) is 88.4 cm³/mol. The van der Waals surface area contributed by atoms with Gasteiger partial charge in [0.15, 0.2) is 5.96 Å². The van der Waals surface area contributed by atoms with Crippen LogP contribution in [0.2, 0.25) is 0 Å². The van der Waals surface area contributed by atoms with Gasteiger partial charge in [-0.1, -0.05) is 12.5 Å². The summed E-state index contributed by atoms with van der Waals surface area (Å²) < 4.78 is 13.2. The average molecular weight is 393 g/mol. The summed E-state index contributed by atoms with van der Waals surface area (Å²) >= 11 is 0. The van der Waals surface area contributed by atoms with Gasteiger partial charge in [0.05, 0.1) is 13.2 Å². The molecule has 1 aliphatic rings. The monoisotopic (exact) mass is 393 g/mol. The first kappa shape index (κ1) is 17.2. The van der Waals surface area contributed by atoms with Gasteiger partial charge in [0.1, 0.15) is 5.82 Å². The van der Waals surface area contributed by atoms with Gasteiger partial charge in [0.25, 0.3) is 0 Å². The van der Waals surface area contributed by atoms with Crippen molar-refractivity contribution in [3.63, 3.8) is 0 Å². The molecule has 6 heteroatoms. The highest BCUT2D eigenvalue weighted by molar-refractivity contribution is 14.0. The maximum Gasteiger partial charge on any atom is 0.188 e. The van der Waals surface area contributed by atoms with Gasteiger partial charge in [-0.2, -0.15) is 0 Å². The first-order valence-electron chi connectivity index (χ1n) is 6.61. The van der Waals surface area contributed by atoms with E-state index in [1.165, 1.54) is 25.3 Å². The number of aliphatic hydroxyl groups is 1. The van der Waals surface area contributed by atoms with E-state index in [0.717, 1.165) is 18.0 Å². The number of hydrogen-bond donors (Lipinski definition) is 3. The zero-order valence-corrected chi connectivity index (χ0v) is 13.6. The lowest BCUT2D eigenvalue weighted by Crippen LogP contribution is -2.37. The summed E-state index contributed by atoms with van der Waals surface area (Å²) in [5.74, 6) is 0.744. The molecule has 0 radical (unpaired) electrons. The van der Waals surface area contributed by atoms with Gasteiger partial charge in [-0.25, -0.2) is 9.38 Å². The summed E-state index contributed by atoms with van der Waals surface area (Å²) in [6, 6.07) is 4.60. The van der Waals surface area contributed by atoms with Crippen molar-refractivity contribution in [1.29, 1.82) is 0 Å². The molecule has 0 heterocycles. The standard InChI is InChI=1S/C14H20FN3O.HI/c15-13-5-4-11(6-12(13)9-19)8-18-14(16)17-7-10-2-1-3-10;/h4-6,10,19H,1-3,7-9H2,(H3,16,17,18);1H. The second-order valence-electron chi connectivity index (χ2n) is 4.96. The van der Waals surface area contributed by atoms with Gasteiger partial charge in [0, 0.05) is 12.1 Å². The molecule has 0 spiro atoms. The lowest BCUT2D eigenvalue weighted by atomic mass is 9.85. The molecule has 4 N–H and O–H groups in total. The van der Waals surface area contributed by atoms with Crippen molar-refractivity contribution in [3.8, 4) is 0 Å². The third kappa shape index (κ3) is 4.90. The zero-order valence-electron chi connectivity index (χ0n) is 11.3. The van der Waals surface area contributed by atoms with Crippen LogP contribution in [0.25, 0.3) is 0 Å². The molecule has 0 aromatic heterocycles. The van der Waals surface area contributed by atoms with Crippen LogP contribution >= 0.6 is 24.0 Å². The molecule has 0 bridgehead atoms. The van der Waals surface area contributed by atoms with Gasteiger partial charge in [-0.15, -0.1) is 24.0 Å². The van der Waals surface area contributed by atoms with Crippen molar-refractivity contribution in [3.05, 3.63) is 35.1 Å². The van der Waals surface area contributed by atoms with Crippen LogP contribution in [0.3, 0.4) is 0 Å². The number of guanidine groups is 1. The normalized spacial score (nSPS) is 15.4. The topological polar surface area (TPSA) is 70.6 Å². The molecule has 1 fully saturated rings. The van der Waals surface area contributed by atoms with E-state index in [9.17, 15) is 4.39 Å². The fraction of sp³-hybridized carbons (Fsp3) is 0.500. The Bertz CT molecular complexity index is 464. The van der Waals surface area contributed by atoms with Crippen molar-refractivity contribution in [2.24, 2.45) is 16.6 Å². The van der Waals surface area contributed by atoms with E-state index in [4.69, 9.17) is 10.8 Å². The Labute approximate surface area is 135 Å². The van der Waals surface area contributed by atoms with Crippen molar-refractivity contribution in [1.82, 2.24) is 5.32 Å². The van der Waals surface area contributed by atoms with Gasteiger partial charge in [-0.3, -0.25) is 0 Å². The number of halogens is 2. The molecule has 20 heavy (non-hydrogen) atoms. The third-order valence-corrected chi connectivity index (χ3v) is 3.51. The lowest BCUT2D eigenvalue weighted by molar-refractivity contribution is 0.275. The van der Waals surface area contributed by atoms with Crippen molar-refractivity contribution < 1.29 is 9.50 Å². The molecule has 1 aromatic rings. The maximum atomic E-state index is 13.2. The van der Waals surface area contributed by atoms with E-state index in [2.05, 4.69) is 10.3 Å². The van der Waals surface area contributed by atoms with Crippen LogP contribution in [0.4, 0.5) is 4.39 Å². The minimum Gasteiger partial charge on any atom is -0.392 e. The van der Waals surface area contributed by atoms with E-state index < -0.39 is 5.82 Å². The Morgan fingerprint density at radius 3 is 2.80 bits per heavy atom. The molecule has 1 aromatic carbocycles. The number of nitrogens with two attached hydrogens (primary N) is 1. The number of aliphatic hydroxyl groups excluding tert-OH is 1. The average Bonchev–Trinajstić information content (AvgIpc) is 2.36. The van der Waals surface area contributed by atoms with E-state index in [-0.39, 0.29) is 36.1 Å². The highest BCUT2D eigenvalue weighted by atomic mass is 127. The zero-order chi connectivity index (χ0) is 13.7. The summed E-state index contributed by atoms with van der Waals surface area (Å²) in [5, 5.41) is 12.1. The molecule has 0 unspecified atom stereocenters. The summed E-state index contributed by atoms with van der Waals surface area (Å²) in [6.07, 6.45) is 3.83. The summed E-state index contributed by atoms with van der Waals surface area (Å²) in [4.78, 5) is 4.21. The number of hydrogen-bond acceptors (Lipinski definition) is 2. The Morgan fingerprint density at radius 1 is 1.45 bits per heavy atom. The van der Waals surface area contributed by atoms with E-state index in [0.29, 0.717) is 12.5 Å². The molecule has 0 aliphatic heterocycles. The number of aliphatic imine (C=N–C) groups is 1. The van der Waals surface area contributed by atoms with Crippen LogP contribution in [-0.4, -0.2) is 17.6 Å². The summed E-state index contributed by atoms with van der Waals surface area (Å²) in [7, 11) is 0. The number of nitrogens with zero attached hydrogens (tertiary/aromatic N) is 1. The lowest BCUT2D eigenvalue weighted by Gasteiger charge is -2.25. The molecular weight excluding hydrogens is 372 g/mol. The van der Waals surface area contributed by atoms with Crippen molar-refractivity contribution in [2.45, 2.75) is 32.4 Å². The molecule has 1 aliphatic carbocycles. The first-order valence-corrected chi connectivity index (χ1v) is 6.61. The molecule has 0 amide bonds. The Hall–Kier alpha value is -0.890. The molecule has 4 nitrogen and oxygen atoms in total. The van der Waals surface area contributed by atoms with Crippen LogP contribution in [0, 0.1) is 11.7 Å². The maximum absolute atomic E-state index is 13.2. The smallest absolute Gasteiger partial charge is 0.188 e. The van der Waals surface area contributed by atoms with Gasteiger partial charge in [0.2, 0.25) is 0 Å². The first-order chi connectivity index (χ1) is 9.19. The largest absolute Gasteiger partial charge is 0.392 e. The van der Waals surface area contributed by atoms with E-state index in [1.54, 1.807) is 12.1 Å². The minimum atomic E-state index is -0.397. The molecule has 0 atom stereocenters. The molecule has 2 rings (SSSR count). The fourth-order valence-corrected chi connectivity index (χ4v) is 2.03. The summed E-state index contributed by atoms with van der Waals surface area (Å²) in [5.41, 5.74) is 6.88. The highest BCUT2D eigenvalue weighted by Crippen LogP contribution is 2.24. The van der Waals surface area contributed by atoms with Crippen LogP contribution in [0.1, 0.15) is 30.4 Å². The fourth-order valence-electron chi connectivity index (χ4n) is 2.03. The molecule has 1 saturated carbocycles. The van der Waals surface area contributed by atoms with Crippen LogP contribution in [-0.2, 0) is 13.2 Å². The predicted octanol–water partition coefficient (Wildman–Crippen LogP) is 2.14.